The summed E-state index contributed by atoms with van der Waals surface area (Å²) < 4.78 is 0. The maximum absolute atomic E-state index is 10.6. The average molecular weight is 322 g/mol. The molecule has 0 aliphatic heterocycles. The molecule has 0 unspecified atom stereocenters. The van der Waals surface area contributed by atoms with Crippen LogP contribution in [-0.2, 0) is 0 Å². The lowest BCUT2D eigenvalue weighted by Gasteiger charge is -2.11. The highest BCUT2D eigenvalue weighted by atomic mass is 35.5. The van der Waals surface area contributed by atoms with E-state index in [1.807, 2.05) is 19.1 Å². The summed E-state index contributed by atoms with van der Waals surface area (Å²) in [4.78, 5) is 10.1. The molecule has 0 aliphatic rings. The third-order valence-corrected chi connectivity index (χ3v) is 3.38. The van der Waals surface area contributed by atoms with Crippen LogP contribution in [0.4, 0.5) is 17.1 Å². The van der Waals surface area contributed by atoms with Crippen LogP contribution in [0.2, 0.25) is 5.02 Å². The lowest BCUT2D eigenvalue weighted by atomic mass is 10.2. The number of hydrogen-bond acceptors (Lipinski definition) is 3. The normalized spacial score (nSPS) is 10.0. The van der Waals surface area contributed by atoms with Crippen molar-refractivity contribution >= 4 is 46.0 Å². The van der Waals surface area contributed by atoms with Crippen molar-refractivity contribution in [1.29, 1.82) is 0 Å². The molecule has 0 aliphatic carbocycles. The van der Waals surface area contributed by atoms with E-state index in [1.165, 1.54) is 12.1 Å². The van der Waals surface area contributed by atoms with Gasteiger partial charge in [-0.25, -0.2) is 0 Å². The molecule has 0 heterocycles. The number of anilines is 2. The van der Waals surface area contributed by atoms with Crippen LogP contribution in [0.25, 0.3) is 0 Å². The number of nitro benzene ring substituents is 1. The van der Waals surface area contributed by atoms with E-state index in [2.05, 4.69) is 10.6 Å². The summed E-state index contributed by atoms with van der Waals surface area (Å²) in [6.07, 6.45) is 0. The van der Waals surface area contributed by atoms with E-state index in [4.69, 9.17) is 23.8 Å². The van der Waals surface area contributed by atoms with Crippen molar-refractivity contribution in [3.63, 3.8) is 0 Å². The number of hydrogen-bond donors (Lipinski definition) is 2. The van der Waals surface area contributed by atoms with Crippen LogP contribution in [0, 0.1) is 17.0 Å². The Morgan fingerprint density at radius 1 is 1.14 bits per heavy atom. The summed E-state index contributed by atoms with van der Waals surface area (Å²) in [6, 6.07) is 11.5. The first kappa shape index (κ1) is 15.2. The van der Waals surface area contributed by atoms with Gasteiger partial charge in [0, 0.05) is 28.5 Å². The fraction of sp³-hybridized carbons (Fsp3) is 0.0714. The maximum atomic E-state index is 10.6. The minimum absolute atomic E-state index is 0.0322. The minimum atomic E-state index is -0.450. The van der Waals surface area contributed by atoms with E-state index in [9.17, 15) is 10.1 Å². The average Bonchev–Trinajstić information content (AvgIpc) is 2.43. The number of nitrogens with one attached hydrogen (secondary N) is 2. The molecule has 5 nitrogen and oxygen atoms in total. The van der Waals surface area contributed by atoms with Crippen molar-refractivity contribution in [2.24, 2.45) is 0 Å². The minimum Gasteiger partial charge on any atom is -0.332 e. The molecule has 0 bridgehead atoms. The fourth-order valence-electron chi connectivity index (χ4n) is 1.63. The summed E-state index contributed by atoms with van der Waals surface area (Å²) >= 11 is 11.2. The van der Waals surface area contributed by atoms with Crippen LogP contribution in [0.1, 0.15) is 5.56 Å². The zero-order chi connectivity index (χ0) is 15.4. The van der Waals surface area contributed by atoms with E-state index >= 15 is 0 Å². The maximum Gasteiger partial charge on any atom is 0.269 e. The molecular formula is C14H12ClN3O2S. The van der Waals surface area contributed by atoms with Crippen molar-refractivity contribution in [3.8, 4) is 0 Å². The molecular weight excluding hydrogens is 310 g/mol. The van der Waals surface area contributed by atoms with Crippen LogP contribution >= 0.6 is 23.8 Å². The lowest BCUT2D eigenvalue weighted by molar-refractivity contribution is -0.384. The molecule has 2 rings (SSSR count). The van der Waals surface area contributed by atoms with Gasteiger partial charge >= 0.3 is 0 Å². The summed E-state index contributed by atoms with van der Waals surface area (Å²) in [6.45, 7) is 1.92. The Kier molecular flexibility index (Phi) is 4.72. The van der Waals surface area contributed by atoms with E-state index in [0.717, 1.165) is 11.3 Å². The first-order chi connectivity index (χ1) is 9.95. The number of non-ortho nitro benzene ring substituents is 1. The highest BCUT2D eigenvalue weighted by molar-refractivity contribution is 7.80. The number of benzene rings is 2. The number of halogens is 1. The molecule has 7 heteroatoms. The molecule has 2 aromatic carbocycles. The van der Waals surface area contributed by atoms with Crippen LogP contribution in [-0.4, -0.2) is 10.0 Å². The zero-order valence-corrected chi connectivity index (χ0v) is 12.7. The van der Waals surface area contributed by atoms with Gasteiger partial charge in [-0.15, -0.1) is 0 Å². The SMILES string of the molecule is Cc1ccc(NC(=S)Nc2ccc([N+](=O)[O-])cc2)cc1Cl. The van der Waals surface area contributed by atoms with Gasteiger partial charge in [0.2, 0.25) is 0 Å². The van der Waals surface area contributed by atoms with Crippen molar-refractivity contribution in [3.05, 3.63) is 63.2 Å². The van der Waals surface area contributed by atoms with Gasteiger partial charge in [-0.1, -0.05) is 17.7 Å². The molecule has 0 saturated heterocycles. The number of nitrogens with zero attached hydrogens (tertiary/aromatic N) is 1. The van der Waals surface area contributed by atoms with Crippen LogP contribution in [0.15, 0.2) is 42.5 Å². The summed E-state index contributed by atoms with van der Waals surface area (Å²) in [5, 5.41) is 17.5. The highest BCUT2D eigenvalue weighted by Crippen LogP contribution is 2.20. The summed E-state index contributed by atoms with van der Waals surface area (Å²) in [5.74, 6) is 0. The van der Waals surface area contributed by atoms with Gasteiger partial charge in [0.15, 0.2) is 5.11 Å². The van der Waals surface area contributed by atoms with Crippen molar-refractivity contribution in [1.82, 2.24) is 0 Å². The molecule has 0 amide bonds. The van der Waals surface area contributed by atoms with Crippen molar-refractivity contribution in [2.45, 2.75) is 6.92 Å². The van der Waals surface area contributed by atoms with Crippen LogP contribution < -0.4 is 10.6 Å². The van der Waals surface area contributed by atoms with Crippen molar-refractivity contribution in [2.75, 3.05) is 10.6 Å². The van der Waals surface area contributed by atoms with Gasteiger partial charge in [-0.05, 0) is 49.0 Å². The molecule has 0 fully saturated rings. The quantitative estimate of drug-likeness (QED) is 0.499. The van der Waals surface area contributed by atoms with Crippen LogP contribution in [0.3, 0.4) is 0 Å². The van der Waals surface area contributed by atoms with Crippen molar-refractivity contribution < 1.29 is 4.92 Å². The van der Waals surface area contributed by atoms with Gasteiger partial charge in [-0.2, -0.15) is 0 Å². The van der Waals surface area contributed by atoms with Gasteiger partial charge in [0.05, 0.1) is 4.92 Å². The number of rotatable bonds is 3. The molecule has 0 spiro atoms. The second kappa shape index (κ2) is 6.51. The Balaban J connectivity index is 2.01. The topological polar surface area (TPSA) is 67.2 Å². The molecule has 2 aromatic rings. The number of nitro groups is 1. The van der Waals surface area contributed by atoms with E-state index in [0.29, 0.717) is 15.8 Å². The Bertz CT molecular complexity index is 689. The Hall–Kier alpha value is -2.18. The first-order valence-corrected chi connectivity index (χ1v) is 6.83. The summed E-state index contributed by atoms with van der Waals surface area (Å²) in [7, 11) is 0. The Morgan fingerprint density at radius 3 is 2.29 bits per heavy atom. The predicted molar refractivity (Wildman–Crippen MR) is 89.1 cm³/mol. The fourth-order valence-corrected chi connectivity index (χ4v) is 2.05. The predicted octanol–water partition coefficient (Wildman–Crippen LogP) is 4.37. The van der Waals surface area contributed by atoms with Gasteiger partial charge < -0.3 is 10.6 Å². The van der Waals surface area contributed by atoms with Gasteiger partial charge in [0.1, 0.15) is 0 Å². The summed E-state index contributed by atoms with van der Waals surface area (Å²) in [5.41, 5.74) is 2.45. The molecule has 21 heavy (non-hydrogen) atoms. The van der Waals surface area contributed by atoms with Gasteiger partial charge in [-0.3, -0.25) is 10.1 Å². The third kappa shape index (κ3) is 4.14. The standard InChI is InChI=1S/C14H12ClN3O2S/c1-9-2-3-11(8-13(9)15)17-14(21)16-10-4-6-12(7-5-10)18(19)20/h2-8H,1H3,(H2,16,17,21). The van der Waals surface area contributed by atoms with Crippen LogP contribution in [0.5, 0.6) is 0 Å². The highest BCUT2D eigenvalue weighted by Gasteiger charge is 2.05. The monoisotopic (exact) mass is 321 g/mol. The third-order valence-electron chi connectivity index (χ3n) is 2.77. The molecule has 0 saturated carbocycles. The number of aryl methyl sites for hydroxylation is 1. The zero-order valence-electron chi connectivity index (χ0n) is 11.1. The van der Waals surface area contributed by atoms with E-state index in [1.54, 1.807) is 18.2 Å². The Labute approximate surface area is 132 Å². The molecule has 108 valence electrons. The second-order valence-electron chi connectivity index (χ2n) is 4.35. The lowest BCUT2D eigenvalue weighted by Crippen LogP contribution is -2.19. The first-order valence-electron chi connectivity index (χ1n) is 6.04. The van der Waals surface area contributed by atoms with E-state index in [-0.39, 0.29) is 5.69 Å². The van der Waals surface area contributed by atoms with Gasteiger partial charge in [0.25, 0.3) is 5.69 Å². The van der Waals surface area contributed by atoms with E-state index < -0.39 is 4.92 Å². The second-order valence-corrected chi connectivity index (χ2v) is 5.16. The largest absolute Gasteiger partial charge is 0.332 e. The molecule has 2 N–H and O–H groups in total. The Morgan fingerprint density at radius 2 is 1.71 bits per heavy atom. The molecule has 0 radical (unpaired) electrons. The smallest absolute Gasteiger partial charge is 0.269 e. The molecule has 0 atom stereocenters. The molecule has 0 aromatic heterocycles. The number of thiocarbonyl (C=S) groups is 1.